The van der Waals surface area contributed by atoms with Crippen molar-refractivity contribution in [3.8, 4) is 0 Å². The van der Waals surface area contributed by atoms with Gasteiger partial charge in [0, 0.05) is 25.1 Å². The van der Waals surface area contributed by atoms with Gasteiger partial charge in [-0.2, -0.15) is 0 Å². The molecular weight excluding hydrogens is 202 g/mol. The first-order valence-electron chi connectivity index (χ1n) is 4.88. The van der Waals surface area contributed by atoms with Crippen molar-refractivity contribution < 1.29 is 9.47 Å². The van der Waals surface area contributed by atoms with Crippen LogP contribution < -0.4 is 0 Å². The number of rotatable bonds is 8. The topological polar surface area (TPSA) is 21.7 Å². The zero-order valence-corrected chi connectivity index (χ0v) is 10.4. The second-order valence-corrected chi connectivity index (χ2v) is 4.24. The van der Waals surface area contributed by atoms with E-state index in [0.717, 1.165) is 13.2 Å². The van der Waals surface area contributed by atoms with Gasteiger partial charge in [0.2, 0.25) is 0 Å². The first-order valence-corrected chi connectivity index (χ1v) is 5.42. The predicted octanol–water partition coefficient (Wildman–Crippen LogP) is 1.60. The quantitative estimate of drug-likeness (QED) is 0.461. The van der Waals surface area contributed by atoms with Crippen LogP contribution >= 0.6 is 11.6 Å². The minimum atomic E-state index is 0.0339. The van der Waals surface area contributed by atoms with Gasteiger partial charge in [0.25, 0.3) is 0 Å². The lowest BCUT2D eigenvalue weighted by Gasteiger charge is -2.33. The van der Waals surface area contributed by atoms with E-state index >= 15 is 0 Å². The summed E-state index contributed by atoms with van der Waals surface area (Å²) in [7, 11) is 3.73. The fraction of sp³-hybridized carbons (Fsp3) is 1.00. The summed E-state index contributed by atoms with van der Waals surface area (Å²) >= 11 is 5.85. The Morgan fingerprint density at radius 2 is 1.86 bits per heavy atom. The van der Waals surface area contributed by atoms with E-state index < -0.39 is 0 Å². The number of likely N-dealkylation sites (N-methyl/N-ethyl adjacent to an activating group) is 1. The number of methoxy groups -OCH3 is 1. The molecule has 0 amide bonds. The van der Waals surface area contributed by atoms with Gasteiger partial charge in [-0.25, -0.2) is 0 Å². The molecule has 0 aromatic heterocycles. The summed E-state index contributed by atoms with van der Waals surface area (Å²) in [5.41, 5.74) is 0.0339. The standard InChI is InChI=1S/C10H22ClNO2/c1-10(2,9-11)12(3)5-6-14-8-7-13-4/h5-9H2,1-4H3. The third-order valence-electron chi connectivity index (χ3n) is 2.36. The molecule has 0 aliphatic heterocycles. The van der Waals surface area contributed by atoms with E-state index in [2.05, 4.69) is 25.8 Å². The molecule has 0 radical (unpaired) electrons. The average molecular weight is 224 g/mol. The minimum Gasteiger partial charge on any atom is -0.382 e. The lowest BCUT2D eigenvalue weighted by molar-refractivity contribution is 0.0474. The Balaban J connectivity index is 3.48. The smallest absolute Gasteiger partial charge is 0.0700 e. The van der Waals surface area contributed by atoms with Crippen molar-refractivity contribution in [1.82, 2.24) is 4.90 Å². The van der Waals surface area contributed by atoms with Crippen molar-refractivity contribution in [2.45, 2.75) is 19.4 Å². The molecule has 0 aliphatic carbocycles. The Morgan fingerprint density at radius 3 is 2.36 bits per heavy atom. The molecule has 14 heavy (non-hydrogen) atoms. The molecule has 86 valence electrons. The van der Waals surface area contributed by atoms with Gasteiger partial charge in [-0.05, 0) is 20.9 Å². The van der Waals surface area contributed by atoms with Crippen molar-refractivity contribution >= 4 is 11.6 Å². The van der Waals surface area contributed by atoms with Gasteiger partial charge in [-0.15, -0.1) is 11.6 Å². The lowest BCUT2D eigenvalue weighted by Crippen LogP contribution is -2.44. The second kappa shape index (κ2) is 7.46. The highest BCUT2D eigenvalue weighted by Crippen LogP contribution is 2.13. The summed E-state index contributed by atoms with van der Waals surface area (Å²) in [4.78, 5) is 2.20. The Labute approximate surface area is 92.3 Å². The summed E-state index contributed by atoms with van der Waals surface area (Å²) in [5.74, 6) is 0.627. The van der Waals surface area contributed by atoms with Gasteiger partial charge in [0.05, 0.1) is 19.8 Å². The first-order chi connectivity index (χ1) is 6.54. The summed E-state index contributed by atoms with van der Waals surface area (Å²) in [6.45, 7) is 7.17. The summed E-state index contributed by atoms with van der Waals surface area (Å²) < 4.78 is 10.3. The second-order valence-electron chi connectivity index (χ2n) is 3.97. The maximum Gasteiger partial charge on any atom is 0.0700 e. The van der Waals surface area contributed by atoms with Crippen LogP contribution in [0.1, 0.15) is 13.8 Å². The molecule has 0 aromatic rings. The third-order valence-corrected chi connectivity index (χ3v) is 3.02. The molecule has 0 spiro atoms. The maximum absolute atomic E-state index is 5.85. The van der Waals surface area contributed by atoms with Crippen molar-refractivity contribution in [1.29, 1.82) is 0 Å². The highest BCUT2D eigenvalue weighted by atomic mass is 35.5. The van der Waals surface area contributed by atoms with Crippen LogP contribution in [0.5, 0.6) is 0 Å². The van der Waals surface area contributed by atoms with Crippen LogP contribution in [0.4, 0.5) is 0 Å². The Hall–Kier alpha value is 0.170. The van der Waals surface area contributed by atoms with Gasteiger partial charge in [0.15, 0.2) is 0 Å². The summed E-state index contributed by atoms with van der Waals surface area (Å²) in [6.07, 6.45) is 0. The van der Waals surface area contributed by atoms with E-state index in [1.54, 1.807) is 7.11 Å². The first kappa shape index (κ1) is 14.2. The Morgan fingerprint density at radius 1 is 1.21 bits per heavy atom. The third kappa shape index (κ3) is 5.81. The van der Waals surface area contributed by atoms with E-state index in [1.807, 2.05) is 0 Å². The molecule has 0 bridgehead atoms. The molecule has 0 N–H and O–H groups in total. The lowest BCUT2D eigenvalue weighted by atomic mass is 10.1. The SMILES string of the molecule is COCCOCCN(C)C(C)(C)CCl. The molecule has 0 heterocycles. The van der Waals surface area contributed by atoms with Crippen LogP contribution in [0.15, 0.2) is 0 Å². The van der Waals surface area contributed by atoms with Gasteiger partial charge in [0.1, 0.15) is 0 Å². The van der Waals surface area contributed by atoms with Crippen LogP contribution in [0, 0.1) is 0 Å². The number of hydrogen-bond acceptors (Lipinski definition) is 3. The normalized spacial score (nSPS) is 12.4. The molecule has 0 aliphatic rings. The molecule has 0 aromatic carbocycles. The number of ether oxygens (including phenoxy) is 2. The van der Waals surface area contributed by atoms with E-state index in [4.69, 9.17) is 21.1 Å². The van der Waals surface area contributed by atoms with Crippen molar-refractivity contribution in [3.05, 3.63) is 0 Å². The van der Waals surface area contributed by atoms with Crippen molar-refractivity contribution in [2.24, 2.45) is 0 Å². The highest BCUT2D eigenvalue weighted by molar-refractivity contribution is 6.18. The van der Waals surface area contributed by atoms with E-state index in [-0.39, 0.29) is 5.54 Å². The van der Waals surface area contributed by atoms with E-state index in [1.165, 1.54) is 0 Å². The minimum absolute atomic E-state index is 0.0339. The van der Waals surface area contributed by atoms with Gasteiger partial charge in [-0.3, -0.25) is 4.90 Å². The molecular formula is C10H22ClNO2. The number of halogens is 1. The molecule has 0 atom stereocenters. The summed E-state index contributed by atoms with van der Waals surface area (Å²) in [6, 6.07) is 0. The van der Waals surface area contributed by atoms with Crippen molar-refractivity contribution in [2.75, 3.05) is 46.4 Å². The number of hydrogen-bond donors (Lipinski definition) is 0. The average Bonchev–Trinajstić information content (AvgIpc) is 2.17. The molecule has 4 heteroatoms. The van der Waals surface area contributed by atoms with Crippen molar-refractivity contribution in [3.63, 3.8) is 0 Å². The highest BCUT2D eigenvalue weighted by Gasteiger charge is 2.21. The number of nitrogens with zero attached hydrogens (tertiary/aromatic N) is 1. The molecule has 0 unspecified atom stereocenters. The maximum atomic E-state index is 5.85. The van der Waals surface area contributed by atoms with Crippen LogP contribution in [-0.2, 0) is 9.47 Å². The molecule has 0 saturated carbocycles. The zero-order chi connectivity index (χ0) is 11.0. The van der Waals surface area contributed by atoms with Crippen LogP contribution in [0.25, 0.3) is 0 Å². The fourth-order valence-electron chi connectivity index (χ4n) is 0.850. The summed E-state index contributed by atoms with van der Waals surface area (Å²) in [5, 5.41) is 0. The zero-order valence-electron chi connectivity index (χ0n) is 9.68. The monoisotopic (exact) mass is 223 g/mol. The van der Waals surface area contributed by atoms with Gasteiger partial charge in [-0.1, -0.05) is 0 Å². The van der Waals surface area contributed by atoms with Crippen LogP contribution in [-0.4, -0.2) is 56.8 Å². The Bertz CT molecular complexity index is 142. The number of alkyl halides is 1. The molecule has 3 nitrogen and oxygen atoms in total. The van der Waals surface area contributed by atoms with Crippen LogP contribution in [0.3, 0.4) is 0 Å². The molecule has 0 saturated heterocycles. The van der Waals surface area contributed by atoms with Gasteiger partial charge >= 0.3 is 0 Å². The van der Waals surface area contributed by atoms with E-state index in [9.17, 15) is 0 Å². The Kier molecular flexibility index (Phi) is 7.55. The van der Waals surface area contributed by atoms with Crippen LogP contribution in [0.2, 0.25) is 0 Å². The largest absolute Gasteiger partial charge is 0.382 e. The fourth-order valence-corrected chi connectivity index (χ4v) is 1.05. The molecule has 0 fully saturated rings. The van der Waals surface area contributed by atoms with Gasteiger partial charge < -0.3 is 9.47 Å². The predicted molar refractivity (Wildman–Crippen MR) is 60.1 cm³/mol. The molecule has 0 rings (SSSR count). The van der Waals surface area contributed by atoms with E-state index in [0.29, 0.717) is 19.1 Å².